The van der Waals surface area contributed by atoms with E-state index < -0.39 is 0 Å². The number of carbonyl (C=O) groups is 2. The van der Waals surface area contributed by atoms with Gasteiger partial charge in [-0.15, -0.1) is 6.42 Å². The van der Waals surface area contributed by atoms with Gasteiger partial charge in [0.05, 0.1) is 31.3 Å². The van der Waals surface area contributed by atoms with E-state index in [0.717, 1.165) is 5.56 Å². The molecule has 0 radical (unpaired) electrons. The first-order valence-corrected chi connectivity index (χ1v) is 7.37. The first-order valence-electron chi connectivity index (χ1n) is 7.37. The van der Waals surface area contributed by atoms with Crippen molar-refractivity contribution in [1.82, 2.24) is 5.32 Å². The molecule has 5 heteroatoms. The highest BCUT2D eigenvalue weighted by atomic mass is 16.5. The zero-order chi connectivity index (χ0) is 17.4. The third kappa shape index (κ3) is 4.62. The van der Waals surface area contributed by atoms with Gasteiger partial charge in [-0.2, -0.15) is 0 Å². The molecule has 0 aliphatic rings. The van der Waals surface area contributed by atoms with Gasteiger partial charge >= 0.3 is 0 Å². The maximum Gasteiger partial charge on any atom is 0.254 e. The molecular weight excluding hydrogens is 304 g/mol. The van der Waals surface area contributed by atoms with Gasteiger partial charge in [-0.25, -0.2) is 0 Å². The molecule has 0 unspecified atom stereocenters. The molecule has 2 rings (SSSR count). The predicted octanol–water partition coefficient (Wildman–Crippen LogP) is 2.24. The maximum atomic E-state index is 12.3. The van der Waals surface area contributed by atoms with Crippen molar-refractivity contribution in [2.24, 2.45) is 0 Å². The minimum atomic E-state index is -0.328. The van der Waals surface area contributed by atoms with E-state index >= 15 is 0 Å². The van der Waals surface area contributed by atoms with Crippen LogP contribution in [-0.2, 0) is 11.2 Å². The zero-order valence-corrected chi connectivity index (χ0v) is 13.3. The van der Waals surface area contributed by atoms with Crippen molar-refractivity contribution in [2.75, 3.05) is 19.0 Å². The molecule has 0 aliphatic carbocycles. The monoisotopic (exact) mass is 322 g/mol. The van der Waals surface area contributed by atoms with Gasteiger partial charge in [-0.05, 0) is 29.8 Å². The first-order chi connectivity index (χ1) is 11.6. The molecule has 0 aromatic heterocycles. The van der Waals surface area contributed by atoms with E-state index in [0.29, 0.717) is 17.0 Å². The number of ether oxygens (including phenoxy) is 1. The highest BCUT2D eigenvalue weighted by molar-refractivity contribution is 6.04. The van der Waals surface area contributed by atoms with Crippen LogP contribution in [0.5, 0.6) is 5.75 Å². The Labute approximate surface area is 141 Å². The van der Waals surface area contributed by atoms with Crippen molar-refractivity contribution >= 4 is 17.5 Å². The Morgan fingerprint density at radius 2 is 1.96 bits per heavy atom. The first kappa shape index (κ1) is 17.1. The number of nitrogens with one attached hydrogen (secondary N) is 2. The number of methoxy groups -OCH3 is 1. The normalized spacial score (nSPS) is 9.67. The second-order valence-electron chi connectivity index (χ2n) is 5.01. The number of hydrogen-bond donors (Lipinski definition) is 2. The molecule has 24 heavy (non-hydrogen) atoms. The van der Waals surface area contributed by atoms with Crippen LogP contribution in [0.15, 0.2) is 48.5 Å². The lowest BCUT2D eigenvalue weighted by molar-refractivity contribution is -0.115. The molecule has 0 fully saturated rings. The number of benzene rings is 2. The van der Waals surface area contributed by atoms with Gasteiger partial charge in [-0.3, -0.25) is 9.59 Å². The maximum absolute atomic E-state index is 12.3. The van der Waals surface area contributed by atoms with Crippen molar-refractivity contribution in [2.45, 2.75) is 6.42 Å². The number of para-hydroxylation sites is 1. The molecule has 0 heterocycles. The van der Waals surface area contributed by atoms with Crippen LogP contribution >= 0.6 is 0 Å². The summed E-state index contributed by atoms with van der Waals surface area (Å²) < 4.78 is 5.14. The molecule has 2 amide bonds. The van der Waals surface area contributed by atoms with Crippen molar-refractivity contribution in [3.8, 4) is 18.1 Å². The van der Waals surface area contributed by atoms with E-state index in [1.807, 2.05) is 18.2 Å². The lowest BCUT2D eigenvalue weighted by Gasteiger charge is -2.11. The molecular formula is C19H18N2O3. The number of hydrogen-bond acceptors (Lipinski definition) is 3. The highest BCUT2D eigenvalue weighted by Gasteiger charge is 2.13. The van der Waals surface area contributed by atoms with E-state index in [1.165, 1.54) is 0 Å². The molecule has 2 aromatic carbocycles. The fourth-order valence-corrected chi connectivity index (χ4v) is 2.18. The second kappa shape index (κ2) is 8.39. The number of rotatable bonds is 6. The summed E-state index contributed by atoms with van der Waals surface area (Å²) in [6, 6.07) is 14.1. The minimum absolute atomic E-state index is 0.130. The quantitative estimate of drug-likeness (QED) is 0.802. The summed E-state index contributed by atoms with van der Waals surface area (Å²) in [5.74, 6) is 2.48. The largest absolute Gasteiger partial charge is 0.497 e. The van der Waals surface area contributed by atoms with Crippen molar-refractivity contribution < 1.29 is 14.3 Å². The molecule has 2 N–H and O–H groups in total. The van der Waals surface area contributed by atoms with Crippen LogP contribution in [0.25, 0.3) is 0 Å². The summed E-state index contributed by atoms with van der Waals surface area (Å²) in [6.07, 6.45) is 5.32. The summed E-state index contributed by atoms with van der Waals surface area (Å²) in [4.78, 5) is 24.3. The topological polar surface area (TPSA) is 67.4 Å². The molecule has 0 saturated carbocycles. The van der Waals surface area contributed by atoms with Crippen LogP contribution in [-0.4, -0.2) is 25.5 Å². The average Bonchev–Trinajstić information content (AvgIpc) is 2.60. The van der Waals surface area contributed by atoms with Crippen molar-refractivity contribution in [1.29, 1.82) is 0 Å². The van der Waals surface area contributed by atoms with Crippen LogP contribution in [0.2, 0.25) is 0 Å². The number of carbonyl (C=O) groups excluding carboxylic acids is 2. The van der Waals surface area contributed by atoms with Crippen LogP contribution in [0.1, 0.15) is 15.9 Å². The Hall–Kier alpha value is -3.26. The van der Waals surface area contributed by atoms with E-state index in [4.69, 9.17) is 11.2 Å². The van der Waals surface area contributed by atoms with E-state index in [9.17, 15) is 9.59 Å². The second-order valence-corrected chi connectivity index (χ2v) is 5.01. The Balaban J connectivity index is 2.09. The fourth-order valence-electron chi connectivity index (χ4n) is 2.18. The Kier molecular flexibility index (Phi) is 5.98. The third-order valence-electron chi connectivity index (χ3n) is 3.30. The molecule has 0 saturated heterocycles. The molecule has 0 bridgehead atoms. The Bertz CT molecular complexity index is 778. The van der Waals surface area contributed by atoms with Gasteiger partial charge in [0.25, 0.3) is 5.91 Å². The molecule has 2 aromatic rings. The number of anilines is 1. The SMILES string of the molecule is C#CCNC(=O)c1ccccc1NC(=O)Cc1cccc(OC)c1. The zero-order valence-electron chi connectivity index (χ0n) is 13.3. The summed E-state index contributed by atoms with van der Waals surface area (Å²) in [6.45, 7) is 0.130. The minimum Gasteiger partial charge on any atom is -0.497 e. The van der Waals surface area contributed by atoms with Gasteiger partial charge in [-0.1, -0.05) is 30.2 Å². The van der Waals surface area contributed by atoms with Gasteiger partial charge in [0.15, 0.2) is 0 Å². The van der Waals surface area contributed by atoms with Crippen molar-refractivity contribution in [3.05, 3.63) is 59.7 Å². The van der Waals surface area contributed by atoms with E-state index in [-0.39, 0.29) is 24.8 Å². The van der Waals surface area contributed by atoms with Crippen LogP contribution < -0.4 is 15.4 Å². The Morgan fingerprint density at radius 1 is 1.17 bits per heavy atom. The summed E-state index contributed by atoms with van der Waals surface area (Å²) in [7, 11) is 1.57. The predicted molar refractivity (Wildman–Crippen MR) is 92.9 cm³/mol. The highest BCUT2D eigenvalue weighted by Crippen LogP contribution is 2.17. The van der Waals surface area contributed by atoms with E-state index in [2.05, 4.69) is 16.6 Å². The summed E-state index contributed by atoms with van der Waals surface area (Å²) in [5.41, 5.74) is 1.63. The van der Waals surface area contributed by atoms with Gasteiger partial charge in [0.1, 0.15) is 5.75 Å². The number of terminal acetylenes is 1. The third-order valence-corrected chi connectivity index (χ3v) is 3.30. The number of amides is 2. The Morgan fingerprint density at radius 3 is 2.71 bits per heavy atom. The van der Waals surface area contributed by atoms with Crippen LogP contribution in [0.4, 0.5) is 5.69 Å². The average molecular weight is 322 g/mol. The lowest BCUT2D eigenvalue weighted by Crippen LogP contribution is -2.25. The van der Waals surface area contributed by atoms with Crippen LogP contribution in [0, 0.1) is 12.3 Å². The van der Waals surface area contributed by atoms with E-state index in [1.54, 1.807) is 37.4 Å². The molecule has 5 nitrogen and oxygen atoms in total. The smallest absolute Gasteiger partial charge is 0.254 e. The van der Waals surface area contributed by atoms with Gasteiger partial charge < -0.3 is 15.4 Å². The molecule has 0 spiro atoms. The molecule has 0 atom stereocenters. The van der Waals surface area contributed by atoms with Gasteiger partial charge in [0.2, 0.25) is 5.91 Å². The lowest BCUT2D eigenvalue weighted by atomic mass is 10.1. The molecule has 122 valence electrons. The van der Waals surface area contributed by atoms with Gasteiger partial charge in [0, 0.05) is 0 Å². The fraction of sp³-hybridized carbons (Fsp3) is 0.158. The van der Waals surface area contributed by atoms with Crippen molar-refractivity contribution in [3.63, 3.8) is 0 Å². The summed E-state index contributed by atoms with van der Waals surface area (Å²) >= 11 is 0. The summed E-state index contributed by atoms with van der Waals surface area (Å²) in [5, 5.41) is 5.35. The standard InChI is InChI=1S/C19H18N2O3/c1-3-11-20-19(23)16-9-4-5-10-17(16)21-18(22)13-14-7-6-8-15(12-14)24-2/h1,4-10,12H,11,13H2,2H3,(H,20,23)(H,21,22). The molecule has 0 aliphatic heterocycles. The van der Waals surface area contributed by atoms with Crippen LogP contribution in [0.3, 0.4) is 0 Å².